The van der Waals surface area contributed by atoms with Gasteiger partial charge in [0.1, 0.15) is 0 Å². The third-order valence-corrected chi connectivity index (χ3v) is 5.11. The predicted molar refractivity (Wildman–Crippen MR) is 85.3 cm³/mol. The third-order valence-electron chi connectivity index (χ3n) is 4.87. The molecule has 1 saturated heterocycles. The molecule has 0 aromatic heterocycles. The zero-order chi connectivity index (χ0) is 14.8. The maximum Gasteiger partial charge on any atom is 0.256 e. The molecule has 2 atom stereocenters. The number of hydrogen-bond acceptors (Lipinski definition) is 3. The summed E-state index contributed by atoms with van der Waals surface area (Å²) in [6.07, 6.45) is 7.26. The molecule has 0 radical (unpaired) electrons. The number of likely N-dealkylation sites (tertiary alicyclic amines) is 1. The van der Waals surface area contributed by atoms with Gasteiger partial charge in [0, 0.05) is 17.6 Å². The van der Waals surface area contributed by atoms with E-state index >= 15 is 0 Å². The second-order valence-electron chi connectivity index (χ2n) is 6.09. The molecule has 1 heterocycles. The lowest BCUT2D eigenvalue weighted by molar-refractivity contribution is 0.0391. The number of amides is 1. The fourth-order valence-corrected chi connectivity index (χ4v) is 4.02. The van der Waals surface area contributed by atoms with Gasteiger partial charge in [-0.25, -0.2) is 0 Å². The molecule has 114 valence electrons. The zero-order valence-electron chi connectivity index (χ0n) is 12.1. The molecule has 2 unspecified atom stereocenters. The number of nitrogens with one attached hydrogen (secondary N) is 1. The van der Waals surface area contributed by atoms with Crippen LogP contribution in [0.5, 0.6) is 0 Å². The molecule has 2 aliphatic rings. The van der Waals surface area contributed by atoms with Crippen LogP contribution in [0.4, 0.5) is 5.69 Å². The molecule has 1 amide bonds. The van der Waals surface area contributed by atoms with E-state index in [0.29, 0.717) is 28.2 Å². The summed E-state index contributed by atoms with van der Waals surface area (Å²) in [6.45, 7) is 0.844. The van der Waals surface area contributed by atoms with E-state index in [1.807, 2.05) is 0 Å². The first-order valence-corrected chi connectivity index (χ1v) is 8.15. The van der Waals surface area contributed by atoms with Crippen LogP contribution in [0.25, 0.3) is 0 Å². The Labute approximate surface area is 130 Å². The lowest BCUT2D eigenvalue weighted by Gasteiger charge is -2.44. The van der Waals surface area contributed by atoms with Crippen LogP contribution >= 0.6 is 11.6 Å². The number of hydrazine groups is 1. The van der Waals surface area contributed by atoms with Gasteiger partial charge in [0.05, 0.1) is 11.3 Å². The maximum atomic E-state index is 13.0. The average Bonchev–Trinajstić information content (AvgIpc) is 2.53. The Balaban J connectivity index is 1.88. The molecular formula is C16H22ClN3O. The summed E-state index contributed by atoms with van der Waals surface area (Å²) in [5.74, 6) is 6.26. The number of carbonyl (C=O) groups is 1. The van der Waals surface area contributed by atoms with Crippen molar-refractivity contribution < 1.29 is 4.79 Å². The van der Waals surface area contributed by atoms with Gasteiger partial charge < -0.3 is 10.3 Å². The second kappa shape index (κ2) is 6.24. The lowest BCUT2D eigenvalue weighted by Crippen LogP contribution is -2.49. The van der Waals surface area contributed by atoms with Gasteiger partial charge in [-0.05, 0) is 49.8 Å². The van der Waals surface area contributed by atoms with E-state index in [2.05, 4.69) is 10.3 Å². The largest absolute Gasteiger partial charge is 0.335 e. The van der Waals surface area contributed by atoms with E-state index in [9.17, 15) is 4.79 Å². The quantitative estimate of drug-likeness (QED) is 0.650. The Bertz CT molecular complexity index is 532. The standard InChI is InChI=1S/C16H22ClN3O/c17-12-7-8-14(19-18)13(10-12)16(21)20-9-3-5-11-4-1-2-6-15(11)20/h7-8,10-11,15,19H,1-6,9,18H2. The van der Waals surface area contributed by atoms with Crippen LogP contribution in [-0.2, 0) is 0 Å². The number of nitrogens with zero attached hydrogens (tertiary/aromatic N) is 1. The highest BCUT2D eigenvalue weighted by atomic mass is 35.5. The molecule has 21 heavy (non-hydrogen) atoms. The number of nitrogen functional groups attached to an aromatic ring is 1. The third kappa shape index (κ3) is 2.87. The number of benzene rings is 1. The monoisotopic (exact) mass is 307 g/mol. The van der Waals surface area contributed by atoms with Crippen LogP contribution in [0.2, 0.25) is 5.02 Å². The second-order valence-corrected chi connectivity index (χ2v) is 6.52. The molecule has 0 spiro atoms. The van der Waals surface area contributed by atoms with Crippen molar-refractivity contribution >= 4 is 23.2 Å². The van der Waals surface area contributed by atoms with Crippen LogP contribution in [0.15, 0.2) is 18.2 Å². The number of piperidine rings is 1. The molecule has 3 N–H and O–H groups in total. The van der Waals surface area contributed by atoms with E-state index in [0.717, 1.165) is 19.4 Å². The van der Waals surface area contributed by atoms with Gasteiger partial charge in [-0.2, -0.15) is 0 Å². The first-order valence-electron chi connectivity index (χ1n) is 7.78. The molecule has 1 aromatic rings. The number of anilines is 1. The SMILES string of the molecule is NNc1ccc(Cl)cc1C(=O)N1CCCC2CCCCC21. The minimum atomic E-state index is 0.0575. The van der Waals surface area contributed by atoms with Gasteiger partial charge in [0.15, 0.2) is 0 Å². The topological polar surface area (TPSA) is 58.4 Å². The molecule has 4 nitrogen and oxygen atoms in total. The van der Waals surface area contributed by atoms with Crippen molar-refractivity contribution in [2.75, 3.05) is 12.0 Å². The fraction of sp³-hybridized carbons (Fsp3) is 0.562. The Hall–Kier alpha value is -1.26. The van der Waals surface area contributed by atoms with E-state index < -0.39 is 0 Å². The number of nitrogens with two attached hydrogens (primary N) is 1. The lowest BCUT2D eigenvalue weighted by atomic mass is 9.78. The van der Waals surface area contributed by atoms with Gasteiger partial charge >= 0.3 is 0 Å². The predicted octanol–water partition coefficient (Wildman–Crippen LogP) is 3.42. The Morgan fingerprint density at radius 3 is 2.81 bits per heavy atom. The number of halogens is 1. The van der Waals surface area contributed by atoms with Crippen LogP contribution in [-0.4, -0.2) is 23.4 Å². The summed E-state index contributed by atoms with van der Waals surface area (Å²) in [6, 6.07) is 5.61. The van der Waals surface area contributed by atoms with Crippen molar-refractivity contribution in [3.05, 3.63) is 28.8 Å². The van der Waals surface area contributed by atoms with Crippen molar-refractivity contribution in [2.24, 2.45) is 11.8 Å². The van der Waals surface area contributed by atoms with Crippen molar-refractivity contribution in [2.45, 2.75) is 44.6 Å². The summed E-state index contributed by atoms with van der Waals surface area (Å²) in [7, 11) is 0. The average molecular weight is 308 g/mol. The summed E-state index contributed by atoms with van der Waals surface area (Å²) in [4.78, 5) is 15.0. The van der Waals surface area contributed by atoms with Gasteiger partial charge in [0.25, 0.3) is 5.91 Å². The van der Waals surface area contributed by atoms with Gasteiger partial charge in [-0.1, -0.05) is 24.4 Å². The fourth-order valence-electron chi connectivity index (χ4n) is 3.85. The van der Waals surface area contributed by atoms with Crippen molar-refractivity contribution in [1.29, 1.82) is 0 Å². The number of carbonyl (C=O) groups excluding carboxylic acids is 1. The summed E-state index contributed by atoms with van der Waals surface area (Å²) >= 11 is 6.05. The summed E-state index contributed by atoms with van der Waals surface area (Å²) in [5.41, 5.74) is 3.83. The van der Waals surface area contributed by atoms with Crippen LogP contribution in [0.3, 0.4) is 0 Å². The first kappa shape index (κ1) is 14.7. The number of rotatable bonds is 2. The van der Waals surface area contributed by atoms with Crippen LogP contribution in [0.1, 0.15) is 48.9 Å². The van der Waals surface area contributed by atoms with Gasteiger partial charge in [-0.3, -0.25) is 10.6 Å². The zero-order valence-corrected chi connectivity index (χ0v) is 12.9. The number of hydrogen-bond donors (Lipinski definition) is 2. The smallest absolute Gasteiger partial charge is 0.256 e. The molecule has 1 aromatic carbocycles. The molecule has 0 bridgehead atoms. The summed E-state index contributed by atoms with van der Waals surface area (Å²) in [5, 5.41) is 0.564. The highest BCUT2D eigenvalue weighted by molar-refractivity contribution is 6.31. The van der Waals surface area contributed by atoms with E-state index in [-0.39, 0.29) is 5.91 Å². The number of fused-ring (bicyclic) bond motifs is 1. The maximum absolute atomic E-state index is 13.0. The Morgan fingerprint density at radius 2 is 2.00 bits per heavy atom. The molecule has 3 rings (SSSR count). The van der Waals surface area contributed by atoms with E-state index in [4.69, 9.17) is 17.4 Å². The highest BCUT2D eigenvalue weighted by Crippen LogP contribution is 2.36. The normalized spacial score (nSPS) is 25.3. The van der Waals surface area contributed by atoms with Crippen molar-refractivity contribution in [3.63, 3.8) is 0 Å². The Kier molecular flexibility index (Phi) is 4.36. The van der Waals surface area contributed by atoms with Crippen LogP contribution < -0.4 is 11.3 Å². The molecule has 1 saturated carbocycles. The highest BCUT2D eigenvalue weighted by Gasteiger charge is 2.36. The van der Waals surface area contributed by atoms with Crippen molar-refractivity contribution in [3.8, 4) is 0 Å². The Morgan fingerprint density at radius 1 is 1.24 bits per heavy atom. The molecule has 1 aliphatic carbocycles. The van der Waals surface area contributed by atoms with Crippen LogP contribution in [0, 0.1) is 5.92 Å². The minimum absolute atomic E-state index is 0.0575. The molecule has 2 fully saturated rings. The van der Waals surface area contributed by atoms with E-state index in [1.165, 1.54) is 25.7 Å². The van der Waals surface area contributed by atoms with E-state index in [1.54, 1.807) is 18.2 Å². The van der Waals surface area contributed by atoms with Gasteiger partial charge in [0.2, 0.25) is 0 Å². The first-order chi connectivity index (χ1) is 10.2. The molecule has 5 heteroatoms. The minimum Gasteiger partial charge on any atom is -0.335 e. The van der Waals surface area contributed by atoms with Gasteiger partial charge in [-0.15, -0.1) is 0 Å². The summed E-state index contributed by atoms with van der Waals surface area (Å²) < 4.78 is 0. The molecule has 1 aliphatic heterocycles. The van der Waals surface area contributed by atoms with Crippen molar-refractivity contribution in [1.82, 2.24) is 4.90 Å². The molecular weight excluding hydrogens is 286 g/mol.